The zero-order chi connectivity index (χ0) is 16.6. The summed E-state index contributed by atoms with van der Waals surface area (Å²) in [6, 6.07) is 3.31. The molecule has 1 aromatic carbocycles. The number of hydrogen-bond donors (Lipinski definition) is 1. The molecule has 2 atom stereocenters. The van der Waals surface area contributed by atoms with Crippen LogP contribution in [0.1, 0.15) is 30.6 Å². The molecule has 1 N–H and O–H groups in total. The van der Waals surface area contributed by atoms with Crippen molar-refractivity contribution in [2.45, 2.75) is 32.4 Å². The van der Waals surface area contributed by atoms with Gasteiger partial charge in [-0.15, -0.1) is 0 Å². The van der Waals surface area contributed by atoms with Gasteiger partial charge < -0.3 is 14.2 Å². The van der Waals surface area contributed by atoms with Gasteiger partial charge in [0, 0.05) is 18.5 Å². The third-order valence-electron chi connectivity index (χ3n) is 3.77. The number of rotatable bonds is 4. The first-order valence-corrected chi connectivity index (χ1v) is 8.60. The molecule has 1 saturated heterocycles. The van der Waals surface area contributed by atoms with Crippen molar-refractivity contribution in [3.05, 3.63) is 17.7 Å². The molecule has 2 unspecified atom stereocenters. The number of carbonyl (C=O) groups is 1. The number of hydrogen-bond acceptors (Lipinski definition) is 5. The van der Waals surface area contributed by atoms with Crippen LogP contribution in [-0.2, 0) is 15.9 Å². The summed E-state index contributed by atoms with van der Waals surface area (Å²) >= 11 is -1.60. The number of fused-ring (bicyclic) bond motifs is 1. The molecule has 2 heterocycles. The summed E-state index contributed by atoms with van der Waals surface area (Å²) in [6.07, 6.45) is 0.748. The van der Waals surface area contributed by atoms with Crippen molar-refractivity contribution in [1.29, 1.82) is 0 Å². The van der Waals surface area contributed by atoms with Crippen molar-refractivity contribution in [2.75, 3.05) is 24.6 Å². The number of methoxy groups -OCH3 is 1. The Morgan fingerprint density at radius 3 is 2.78 bits per heavy atom. The highest BCUT2D eigenvalue weighted by atomic mass is 32.2. The Kier molecular flexibility index (Phi) is 4.45. The fourth-order valence-corrected chi connectivity index (χ4v) is 3.77. The van der Waals surface area contributed by atoms with Gasteiger partial charge in [0.25, 0.3) is 5.91 Å². The Bertz CT molecular complexity index is 643. The molecule has 0 aromatic heterocycles. The molecule has 0 spiro atoms. The van der Waals surface area contributed by atoms with Gasteiger partial charge in [0.2, 0.25) is 11.2 Å². The minimum absolute atomic E-state index is 0.0464. The van der Waals surface area contributed by atoms with E-state index in [0.717, 1.165) is 6.42 Å². The lowest BCUT2D eigenvalue weighted by Crippen LogP contribution is -2.47. The summed E-state index contributed by atoms with van der Waals surface area (Å²) in [4.78, 5) is 12.2. The highest BCUT2D eigenvalue weighted by Gasteiger charge is 2.32. The molecule has 0 saturated carbocycles. The Balaban J connectivity index is 2.03. The second-order valence-electron chi connectivity index (χ2n) is 5.72. The third kappa shape index (κ3) is 3.00. The summed E-state index contributed by atoms with van der Waals surface area (Å²) in [7, 11) is 1.54. The average molecular weight is 340 g/mol. The molecule has 2 aliphatic rings. The average Bonchev–Trinajstić information content (AvgIpc) is 3.00. The molecule has 7 nitrogen and oxygen atoms in total. The standard InChI is InChI=1S/C15H20N2O5S/c1-9(2)17-12-7-13(20-3)14(22-10-4-5-21-8-10)6-11(12)15(18)16-23(17)19/h6-7,9-10H,4-5,8H2,1-3H3,(H,16,18). The van der Waals surface area contributed by atoms with Crippen LogP contribution < -0.4 is 18.5 Å². The van der Waals surface area contributed by atoms with Gasteiger partial charge in [-0.3, -0.25) is 13.8 Å². The molecule has 126 valence electrons. The Labute approximate surface area is 137 Å². The number of carbonyl (C=O) groups excluding carboxylic acids is 1. The van der Waals surface area contributed by atoms with E-state index < -0.39 is 11.2 Å². The van der Waals surface area contributed by atoms with Crippen LogP contribution in [0.15, 0.2) is 12.1 Å². The minimum Gasteiger partial charge on any atom is -0.493 e. The van der Waals surface area contributed by atoms with Crippen LogP contribution in [0.4, 0.5) is 5.69 Å². The molecular weight excluding hydrogens is 320 g/mol. The van der Waals surface area contributed by atoms with Crippen molar-refractivity contribution in [3.63, 3.8) is 0 Å². The van der Waals surface area contributed by atoms with E-state index >= 15 is 0 Å². The fourth-order valence-electron chi connectivity index (χ4n) is 2.69. The SMILES string of the molecule is COc1cc2c(cc1OC1CCOC1)C(=O)NS(=O)N2C(C)C. The van der Waals surface area contributed by atoms with Crippen LogP contribution in [-0.4, -0.2) is 42.6 Å². The smallest absolute Gasteiger partial charge is 0.266 e. The van der Waals surface area contributed by atoms with Gasteiger partial charge in [-0.25, -0.2) is 4.21 Å². The Morgan fingerprint density at radius 1 is 1.39 bits per heavy atom. The van der Waals surface area contributed by atoms with E-state index in [2.05, 4.69) is 4.72 Å². The molecule has 1 aromatic rings. The van der Waals surface area contributed by atoms with Gasteiger partial charge in [-0.2, -0.15) is 0 Å². The molecule has 1 amide bonds. The zero-order valence-corrected chi connectivity index (χ0v) is 14.1. The van der Waals surface area contributed by atoms with E-state index in [1.165, 1.54) is 0 Å². The second-order valence-corrected chi connectivity index (χ2v) is 6.82. The summed E-state index contributed by atoms with van der Waals surface area (Å²) in [6.45, 7) is 5.00. The van der Waals surface area contributed by atoms with Gasteiger partial charge >= 0.3 is 0 Å². The van der Waals surface area contributed by atoms with Crippen LogP contribution in [0, 0.1) is 0 Å². The number of nitrogens with one attached hydrogen (secondary N) is 1. The van der Waals surface area contributed by atoms with Crippen LogP contribution in [0.3, 0.4) is 0 Å². The van der Waals surface area contributed by atoms with Gasteiger partial charge in [0.05, 0.1) is 31.6 Å². The van der Waals surface area contributed by atoms with Crippen molar-refractivity contribution in [1.82, 2.24) is 4.72 Å². The van der Waals surface area contributed by atoms with E-state index in [1.54, 1.807) is 23.5 Å². The molecule has 0 aliphatic carbocycles. The molecular formula is C15H20N2O5S. The molecule has 23 heavy (non-hydrogen) atoms. The predicted molar refractivity (Wildman–Crippen MR) is 86.1 cm³/mol. The number of amides is 1. The second kappa shape index (κ2) is 6.37. The van der Waals surface area contributed by atoms with Crippen molar-refractivity contribution in [2.24, 2.45) is 0 Å². The first kappa shape index (κ1) is 16.1. The summed E-state index contributed by atoms with van der Waals surface area (Å²) < 4.78 is 32.9. The lowest BCUT2D eigenvalue weighted by Gasteiger charge is -2.33. The monoisotopic (exact) mass is 340 g/mol. The summed E-state index contributed by atoms with van der Waals surface area (Å²) in [5.74, 6) is 0.617. The summed E-state index contributed by atoms with van der Waals surface area (Å²) in [5.41, 5.74) is 1.00. The number of nitrogens with zero attached hydrogens (tertiary/aromatic N) is 1. The van der Waals surface area contributed by atoms with Crippen molar-refractivity contribution < 1.29 is 23.2 Å². The third-order valence-corrected chi connectivity index (χ3v) is 5.11. The Hall–Kier alpha value is -1.80. The normalized spacial score (nSPS) is 23.7. The van der Waals surface area contributed by atoms with E-state index in [1.807, 2.05) is 13.8 Å². The van der Waals surface area contributed by atoms with E-state index in [4.69, 9.17) is 14.2 Å². The predicted octanol–water partition coefficient (Wildman–Crippen LogP) is 1.40. The maximum Gasteiger partial charge on any atom is 0.266 e. The Morgan fingerprint density at radius 2 is 2.17 bits per heavy atom. The first-order valence-electron chi connectivity index (χ1n) is 7.49. The van der Waals surface area contributed by atoms with E-state index in [-0.39, 0.29) is 18.1 Å². The zero-order valence-electron chi connectivity index (χ0n) is 13.3. The quantitative estimate of drug-likeness (QED) is 0.896. The molecule has 0 radical (unpaired) electrons. The molecule has 8 heteroatoms. The lowest BCUT2D eigenvalue weighted by molar-refractivity contribution is 0.0980. The first-order chi connectivity index (χ1) is 11.0. The van der Waals surface area contributed by atoms with Crippen LogP contribution in [0.5, 0.6) is 11.5 Å². The molecule has 3 rings (SSSR count). The van der Waals surface area contributed by atoms with Gasteiger partial charge in [0.1, 0.15) is 6.10 Å². The number of ether oxygens (including phenoxy) is 3. The number of anilines is 1. The molecule has 1 fully saturated rings. The molecule has 0 bridgehead atoms. The van der Waals surface area contributed by atoms with Gasteiger partial charge in [0.15, 0.2) is 11.5 Å². The lowest BCUT2D eigenvalue weighted by atomic mass is 10.1. The van der Waals surface area contributed by atoms with E-state index in [0.29, 0.717) is 36.0 Å². The highest BCUT2D eigenvalue weighted by molar-refractivity contribution is 7.85. The van der Waals surface area contributed by atoms with Gasteiger partial charge in [-0.1, -0.05) is 0 Å². The summed E-state index contributed by atoms with van der Waals surface area (Å²) in [5, 5.41) is 0. The van der Waals surface area contributed by atoms with Crippen LogP contribution in [0.2, 0.25) is 0 Å². The van der Waals surface area contributed by atoms with Gasteiger partial charge in [-0.05, 0) is 19.9 Å². The maximum absolute atomic E-state index is 12.2. The minimum atomic E-state index is -1.60. The molecule has 2 aliphatic heterocycles. The largest absolute Gasteiger partial charge is 0.493 e. The van der Waals surface area contributed by atoms with Crippen molar-refractivity contribution in [3.8, 4) is 11.5 Å². The van der Waals surface area contributed by atoms with Crippen LogP contribution in [0.25, 0.3) is 0 Å². The van der Waals surface area contributed by atoms with Crippen molar-refractivity contribution >= 4 is 22.8 Å². The topological polar surface area (TPSA) is 77.1 Å². The number of benzene rings is 1. The highest BCUT2D eigenvalue weighted by Crippen LogP contribution is 2.39. The van der Waals surface area contributed by atoms with Crippen LogP contribution >= 0.6 is 0 Å². The van der Waals surface area contributed by atoms with E-state index in [9.17, 15) is 9.00 Å². The fraction of sp³-hybridized carbons (Fsp3) is 0.533. The maximum atomic E-state index is 12.2.